The predicted octanol–water partition coefficient (Wildman–Crippen LogP) is 1.89. The van der Waals surface area contributed by atoms with Gasteiger partial charge in [0.05, 0.1) is 0 Å². The fourth-order valence-corrected chi connectivity index (χ4v) is 0.722. The Morgan fingerprint density at radius 3 is 2.36 bits per heavy atom. The Bertz CT molecular complexity index is 175. The minimum Gasteiger partial charge on any atom is -0.433 e. The van der Waals surface area contributed by atoms with Crippen LogP contribution in [0.2, 0.25) is 0 Å². The summed E-state index contributed by atoms with van der Waals surface area (Å²) in [7, 11) is 1.97. The van der Waals surface area contributed by atoms with Crippen LogP contribution in [0.1, 0.15) is 27.7 Å². The van der Waals surface area contributed by atoms with Gasteiger partial charge in [-0.1, -0.05) is 6.92 Å². The molecule has 0 fully saturated rings. The van der Waals surface area contributed by atoms with Crippen molar-refractivity contribution in [3.63, 3.8) is 0 Å². The molecule has 0 aliphatic heterocycles. The first kappa shape index (κ1) is 13.2. The normalized spacial score (nSPS) is 11.6. The molecule has 0 aromatic carbocycles. The molecule has 0 aliphatic carbocycles. The molecule has 0 saturated heterocycles. The highest BCUT2D eigenvalue weighted by molar-refractivity contribution is 5.60. The number of hydrogen-bond donors (Lipinski definition) is 0. The fourth-order valence-electron chi connectivity index (χ4n) is 0.722. The first-order valence-corrected chi connectivity index (χ1v) is 4.89. The molecular weight excluding hydrogens is 182 g/mol. The van der Waals surface area contributed by atoms with Gasteiger partial charge in [-0.25, -0.2) is 4.79 Å². The zero-order chi connectivity index (χ0) is 11.2. The maximum atomic E-state index is 11.1. The van der Waals surface area contributed by atoms with Gasteiger partial charge < -0.3 is 14.4 Å². The molecule has 0 radical (unpaired) electrons. The van der Waals surface area contributed by atoms with Crippen LogP contribution in [0.25, 0.3) is 0 Å². The summed E-state index contributed by atoms with van der Waals surface area (Å²) >= 11 is 0. The number of ether oxygens (including phenoxy) is 2. The Labute approximate surface area is 86.2 Å². The molecule has 0 unspecified atom stereocenters. The molecule has 0 spiro atoms. The van der Waals surface area contributed by atoms with E-state index in [9.17, 15) is 4.79 Å². The van der Waals surface area contributed by atoms with Crippen LogP contribution in [0.5, 0.6) is 0 Å². The molecule has 4 heteroatoms. The molecule has 84 valence electrons. The number of carbonyl (C=O) groups is 1. The van der Waals surface area contributed by atoms with Gasteiger partial charge in [-0.15, -0.1) is 0 Å². The molecule has 0 atom stereocenters. The van der Waals surface area contributed by atoms with Crippen molar-refractivity contribution in [2.75, 3.05) is 26.7 Å². The molecule has 0 bridgehead atoms. The topological polar surface area (TPSA) is 38.8 Å². The van der Waals surface area contributed by atoms with Gasteiger partial charge in [0.25, 0.3) is 0 Å². The monoisotopic (exact) mass is 203 g/mol. The highest BCUT2D eigenvalue weighted by Gasteiger charge is 2.17. The van der Waals surface area contributed by atoms with Crippen molar-refractivity contribution in [2.45, 2.75) is 33.3 Å². The molecule has 4 nitrogen and oxygen atoms in total. The van der Waals surface area contributed by atoms with Gasteiger partial charge in [-0.05, 0) is 34.4 Å². The number of hydrogen-bond acceptors (Lipinski definition) is 4. The third-order valence-electron chi connectivity index (χ3n) is 1.62. The minimum atomic E-state index is -0.595. The summed E-state index contributed by atoms with van der Waals surface area (Å²) in [5, 5.41) is 0. The maximum Gasteiger partial charge on any atom is 0.508 e. The molecule has 0 heterocycles. The second-order valence-electron chi connectivity index (χ2n) is 4.21. The second kappa shape index (κ2) is 5.86. The van der Waals surface area contributed by atoms with E-state index in [1.54, 1.807) is 0 Å². The average molecular weight is 203 g/mol. The van der Waals surface area contributed by atoms with E-state index in [0.717, 1.165) is 13.1 Å². The first-order chi connectivity index (χ1) is 6.35. The van der Waals surface area contributed by atoms with E-state index in [2.05, 4.69) is 4.90 Å². The van der Waals surface area contributed by atoms with E-state index in [4.69, 9.17) is 9.47 Å². The SMILES string of the molecule is CCN(C)CCOC(=O)OC(C)(C)C. The van der Waals surface area contributed by atoms with Crippen LogP contribution >= 0.6 is 0 Å². The molecule has 0 aromatic heterocycles. The van der Waals surface area contributed by atoms with Gasteiger partial charge in [0.15, 0.2) is 0 Å². The van der Waals surface area contributed by atoms with Crippen LogP contribution in [0.15, 0.2) is 0 Å². The predicted molar refractivity (Wildman–Crippen MR) is 55.4 cm³/mol. The van der Waals surface area contributed by atoms with Gasteiger partial charge >= 0.3 is 6.16 Å². The second-order valence-corrected chi connectivity index (χ2v) is 4.21. The van der Waals surface area contributed by atoms with E-state index in [1.807, 2.05) is 34.7 Å². The summed E-state index contributed by atoms with van der Waals surface area (Å²) < 4.78 is 9.86. The van der Waals surface area contributed by atoms with Crippen LogP contribution < -0.4 is 0 Å². The fraction of sp³-hybridized carbons (Fsp3) is 0.900. The molecule has 0 aliphatic rings. The minimum absolute atomic E-state index is 0.374. The van der Waals surface area contributed by atoms with Crippen molar-refractivity contribution in [1.29, 1.82) is 0 Å². The maximum absolute atomic E-state index is 11.1. The van der Waals surface area contributed by atoms with Gasteiger partial charge in [0.2, 0.25) is 0 Å². The zero-order valence-corrected chi connectivity index (χ0v) is 9.79. The largest absolute Gasteiger partial charge is 0.508 e. The lowest BCUT2D eigenvalue weighted by molar-refractivity contribution is -0.00933. The van der Waals surface area contributed by atoms with E-state index in [-0.39, 0.29) is 0 Å². The summed E-state index contributed by atoms with van der Waals surface area (Å²) in [6, 6.07) is 0. The lowest BCUT2D eigenvalue weighted by Gasteiger charge is -2.19. The average Bonchev–Trinajstić information content (AvgIpc) is 2.00. The van der Waals surface area contributed by atoms with Crippen LogP contribution in [0.4, 0.5) is 4.79 Å². The Morgan fingerprint density at radius 2 is 1.93 bits per heavy atom. The summed E-state index contributed by atoms with van der Waals surface area (Å²) in [5.74, 6) is 0. The molecule has 14 heavy (non-hydrogen) atoms. The van der Waals surface area contributed by atoms with Gasteiger partial charge in [0.1, 0.15) is 12.2 Å². The molecule has 0 aromatic rings. The standard InChI is InChI=1S/C10H21NO3/c1-6-11(5)7-8-13-9(12)14-10(2,3)4/h6-8H2,1-5H3. The number of likely N-dealkylation sites (N-methyl/N-ethyl adjacent to an activating group) is 1. The van der Waals surface area contributed by atoms with E-state index in [0.29, 0.717) is 6.61 Å². The highest BCUT2D eigenvalue weighted by Crippen LogP contribution is 2.07. The van der Waals surface area contributed by atoms with E-state index in [1.165, 1.54) is 0 Å². The lowest BCUT2D eigenvalue weighted by atomic mass is 10.2. The Kier molecular flexibility index (Phi) is 5.53. The van der Waals surface area contributed by atoms with E-state index >= 15 is 0 Å². The number of rotatable bonds is 4. The van der Waals surface area contributed by atoms with Crippen molar-refractivity contribution in [2.24, 2.45) is 0 Å². The third-order valence-corrected chi connectivity index (χ3v) is 1.62. The van der Waals surface area contributed by atoms with Gasteiger partial charge in [0, 0.05) is 6.54 Å². The highest BCUT2D eigenvalue weighted by atomic mass is 16.7. The molecule has 0 N–H and O–H groups in total. The summed E-state index contributed by atoms with van der Waals surface area (Å²) in [6.07, 6.45) is -0.595. The van der Waals surface area contributed by atoms with Crippen molar-refractivity contribution in [3.05, 3.63) is 0 Å². The quantitative estimate of drug-likeness (QED) is 0.654. The Hall–Kier alpha value is -0.770. The van der Waals surface area contributed by atoms with Crippen LogP contribution in [-0.4, -0.2) is 43.4 Å². The molecule has 0 amide bonds. The lowest BCUT2D eigenvalue weighted by Crippen LogP contribution is -2.28. The van der Waals surface area contributed by atoms with E-state index < -0.39 is 11.8 Å². The molecular formula is C10H21NO3. The van der Waals surface area contributed by atoms with Crippen molar-refractivity contribution >= 4 is 6.16 Å². The van der Waals surface area contributed by atoms with Gasteiger partial charge in [-0.3, -0.25) is 0 Å². The van der Waals surface area contributed by atoms with Crippen LogP contribution in [0, 0.1) is 0 Å². The summed E-state index contributed by atoms with van der Waals surface area (Å²) in [6.45, 7) is 9.53. The van der Waals surface area contributed by atoms with Gasteiger partial charge in [-0.2, -0.15) is 0 Å². The van der Waals surface area contributed by atoms with Crippen LogP contribution in [0.3, 0.4) is 0 Å². The number of nitrogens with zero attached hydrogens (tertiary/aromatic N) is 1. The smallest absolute Gasteiger partial charge is 0.433 e. The van der Waals surface area contributed by atoms with Crippen molar-refractivity contribution in [3.8, 4) is 0 Å². The summed E-state index contributed by atoms with van der Waals surface area (Å²) in [5.41, 5.74) is -0.478. The van der Waals surface area contributed by atoms with Crippen LogP contribution in [-0.2, 0) is 9.47 Å². The molecule has 0 saturated carbocycles. The molecule has 0 rings (SSSR count). The zero-order valence-electron chi connectivity index (χ0n) is 9.79. The first-order valence-electron chi connectivity index (χ1n) is 4.89. The summed E-state index contributed by atoms with van der Waals surface area (Å²) in [4.78, 5) is 13.1. The Morgan fingerprint density at radius 1 is 1.36 bits per heavy atom. The third kappa shape index (κ3) is 7.86. The van der Waals surface area contributed by atoms with Crippen molar-refractivity contribution in [1.82, 2.24) is 4.90 Å². The Balaban J connectivity index is 3.55. The number of carbonyl (C=O) groups excluding carboxylic acids is 1. The van der Waals surface area contributed by atoms with Crippen molar-refractivity contribution < 1.29 is 14.3 Å².